The van der Waals surface area contributed by atoms with Gasteiger partial charge in [-0.25, -0.2) is 9.97 Å². The zero-order valence-electron chi connectivity index (χ0n) is 11.1. The summed E-state index contributed by atoms with van der Waals surface area (Å²) in [4.78, 5) is 25.7. The predicted molar refractivity (Wildman–Crippen MR) is 84.2 cm³/mol. The van der Waals surface area contributed by atoms with Gasteiger partial charge in [0, 0.05) is 23.9 Å². The zero-order valence-corrected chi connectivity index (χ0v) is 11.9. The van der Waals surface area contributed by atoms with Crippen LogP contribution in [-0.2, 0) is 6.42 Å². The smallest absolute Gasteiger partial charge is 0.253 e. The summed E-state index contributed by atoms with van der Waals surface area (Å²) in [6.07, 6.45) is 0.720. The summed E-state index contributed by atoms with van der Waals surface area (Å²) in [5.41, 5.74) is 13.5. The second-order valence-electron chi connectivity index (χ2n) is 4.53. The molecule has 0 bridgehead atoms. The molecule has 0 spiro atoms. The molecule has 21 heavy (non-hydrogen) atoms. The van der Waals surface area contributed by atoms with Crippen molar-refractivity contribution in [3.63, 3.8) is 0 Å². The molecule has 108 valence electrons. The lowest BCUT2D eigenvalue weighted by atomic mass is 10.3. The number of nitrogens with one attached hydrogen (secondary N) is 2. The average Bonchev–Trinajstić information content (AvgIpc) is 2.79. The summed E-state index contributed by atoms with van der Waals surface area (Å²) in [7, 11) is 0. The number of nitrogens with zero attached hydrogens (tertiary/aromatic N) is 2. The second kappa shape index (κ2) is 5.49. The van der Waals surface area contributed by atoms with Crippen molar-refractivity contribution in [3.8, 4) is 0 Å². The maximum Gasteiger partial charge on any atom is 0.253 e. The van der Waals surface area contributed by atoms with Crippen LogP contribution in [0.15, 0.2) is 34.2 Å². The van der Waals surface area contributed by atoms with Gasteiger partial charge in [-0.2, -0.15) is 0 Å². The normalized spacial score (nSPS) is 11.0. The third-order valence-corrected chi connectivity index (χ3v) is 3.75. The Hall–Kier alpha value is -2.48. The van der Waals surface area contributed by atoms with Crippen molar-refractivity contribution in [1.82, 2.24) is 19.9 Å². The van der Waals surface area contributed by atoms with Crippen molar-refractivity contribution in [2.45, 2.75) is 11.6 Å². The SMILES string of the molecule is Nc1ccc2nc(CCSc3nc(N)cc(=O)[nH]3)[nH]c2c1. The number of aromatic nitrogens is 4. The van der Waals surface area contributed by atoms with E-state index in [1.54, 1.807) is 0 Å². The van der Waals surface area contributed by atoms with Crippen LogP contribution in [0, 0.1) is 0 Å². The number of thioether (sulfide) groups is 1. The summed E-state index contributed by atoms with van der Waals surface area (Å²) >= 11 is 1.43. The van der Waals surface area contributed by atoms with Gasteiger partial charge in [0.1, 0.15) is 11.6 Å². The summed E-state index contributed by atoms with van der Waals surface area (Å²) < 4.78 is 0. The Morgan fingerprint density at radius 3 is 2.81 bits per heavy atom. The number of rotatable bonds is 4. The Morgan fingerprint density at radius 2 is 2.00 bits per heavy atom. The summed E-state index contributed by atoms with van der Waals surface area (Å²) in [6.45, 7) is 0. The Kier molecular flexibility index (Phi) is 3.53. The standard InChI is InChI=1S/C13H14N6OS/c14-7-1-2-8-9(5-7)17-11(16-8)3-4-21-13-18-10(15)6-12(20)19-13/h1-2,5-6H,3-4,14H2,(H,16,17)(H3,15,18,19,20). The van der Waals surface area contributed by atoms with Crippen LogP contribution in [0.4, 0.5) is 11.5 Å². The van der Waals surface area contributed by atoms with Crippen LogP contribution >= 0.6 is 11.8 Å². The first kappa shape index (κ1) is 13.5. The van der Waals surface area contributed by atoms with Crippen molar-refractivity contribution >= 4 is 34.3 Å². The third kappa shape index (κ3) is 3.16. The van der Waals surface area contributed by atoms with E-state index in [2.05, 4.69) is 19.9 Å². The van der Waals surface area contributed by atoms with Crippen LogP contribution in [-0.4, -0.2) is 25.7 Å². The number of aromatic amines is 2. The highest BCUT2D eigenvalue weighted by molar-refractivity contribution is 7.99. The van der Waals surface area contributed by atoms with Crippen LogP contribution < -0.4 is 17.0 Å². The average molecular weight is 302 g/mol. The maximum atomic E-state index is 11.3. The van der Waals surface area contributed by atoms with Crippen molar-refractivity contribution in [1.29, 1.82) is 0 Å². The minimum Gasteiger partial charge on any atom is -0.399 e. The molecule has 0 saturated carbocycles. The monoisotopic (exact) mass is 302 g/mol. The minimum absolute atomic E-state index is 0.223. The largest absolute Gasteiger partial charge is 0.399 e. The van der Waals surface area contributed by atoms with Gasteiger partial charge in [-0.05, 0) is 18.2 Å². The molecule has 3 aromatic rings. The Labute approximate surface area is 124 Å². The van der Waals surface area contributed by atoms with Gasteiger partial charge in [0.05, 0.1) is 11.0 Å². The molecule has 0 saturated heterocycles. The number of anilines is 2. The highest BCUT2D eigenvalue weighted by Gasteiger charge is 2.05. The van der Waals surface area contributed by atoms with E-state index >= 15 is 0 Å². The fraction of sp³-hybridized carbons (Fsp3) is 0.154. The van der Waals surface area contributed by atoms with E-state index in [0.29, 0.717) is 10.8 Å². The topological polar surface area (TPSA) is 126 Å². The summed E-state index contributed by atoms with van der Waals surface area (Å²) in [6, 6.07) is 6.82. The van der Waals surface area contributed by atoms with Crippen LogP contribution in [0.5, 0.6) is 0 Å². The molecule has 6 N–H and O–H groups in total. The molecular weight excluding hydrogens is 288 g/mol. The van der Waals surface area contributed by atoms with E-state index in [1.807, 2.05) is 18.2 Å². The number of nitrogen functional groups attached to an aromatic ring is 2. The summed E-state index contributed by atoms with van der Waals surface area (Å²) in [5, 5.41) is 0.514. The van der Waals surface area contributed by atoms with E-state index in [0.717, 1.165) is 29.0 Å². The fourth-order valence-electron chi connectivity index (χ4n) is 1.96. The molecule has 0 fully saturated rings. The van der Waals surface area contributed by atoms with Crippen molar-refractivity contribution in [2.75, 3.05) is 17.2 Å². The van der Waals surface area contributed by atoms with Gasteiger partial charge in [-0.1, -0.05) is 11.8 Å². The van der Waals surface area contributed by atoms with Gasteiger partial charge in [-0.15, -0.1) is 0 Å². The van der Waals surface area contributed by atoms with Crippen LogP contribution in [0.2, 0.25) is 0 Å². The number of H-pyrrole nitrogens is 2. The molecule has 0 atom stereocenters. The number of aryl methyl sites for hydroxylation is 1. The second-order valence-corrected chi connectivity index (χ2v) is 5.62. The van der Waals surface area contributed by atoms with Gasteiger partial charge in [-0.3, -0.25) is 4.79 Å². The minimum atomic E-state index is -0.246. The van der Waals surface area contributed by atoms with E-state index in [4.69, 9.17) is 11.5 Å². The lowest BCUT2D eigenvalue weighted by molar-refractivity contribution is 0.937. The van der Waals surface area contributed by atoms with E-state index in [-0.39, 0.29) is 11.4 Å². The molecule has 0 unspecified atom stereocenters. The van der Waals surface area contributed by atoms with E-state index < -0.39 is 0 Å². The van der Waals surface area contributed by atoms with Gasteiger partial charge < -0.3 is 21.4 Å². The third-order valence-electron chi connectivity index (χ3n) is 2.87. The Morgan fingerprint density at radius 1 is 1.14 bits per heavy atom. The molecule has 2 aromatic heterocycles. The number of fused-ring (bicyclic) bond motifs is 1. The number of imidazole rings is 1. The maximum absolute atomic E-state index is 11.3. The predicted octanol–water partition coefficient (Wildman–Crippen LogP) is 1.15. The molecule has 0 aliphatic heterocycles. The number of nitrogens with two attached hydrogens (primary N) is 2. The summed E-state index contributed by atoms with van der Waals surface area (Å²) in [5.74, 6) is 1.82. The van der Waals surface area contributed by atoms with Gasteiger partial charge >= 0.3 is 0 Å². The van der Waals surface area contributed by atoms with Crippen molar-refractivity contribution in [3.05, 3.63) is 40.4 Å². The first-order chi connectivity index (χ1) is 10.1. The van der Waals surface area contributed by atoms with Crippen LogP contribution in [0.3, 0.4) is 0 Å². The van der Waals surface area contributed by atoms with Crippen LogP contribution in [0.1, 0.15) is 5.82 Å². The lowest BCUT2D eigenvalue weighted by Gasteiger charge is -2.00. The lowest BCUT2D eigenvalue weighted by Crippen LogP contribution is -2.09. The van der Waals surface area contributed by atoms with Crippen LogP contribution in [0.25, 0.3) is 11.0 Å². The Balaban J connectivity index is 1.67. The van der Waals surface area contributed by atoms with Gasteiger partial charge in [0.25, 0.3) is 5.56 Å². The highest BCUT2D eigenvalue weighted by Crippen LogP contribution is 2.17. The fourth-order valence-corrected chi connectivity index (χ4v) is 2.80. The molecule has 0 aliphatic carbocycles. The first-order valence-corrected chi connectivity index (χ1v) is 7.32. The molecule has 0 aliphatic rings. The van der Waals surface area contributed by atoms with Gasteiger partial charge in [0.2, 0.25) is 0 Å². The molecular formula is C13H14N6OS. The molecule has 8 heteroatoms. The molecule has 0 amide bonds. The molecule has 7 nitrogen and oxygen atoms in total. The quantitative estimate of drug-likeness (QED) is 0.325. The molecule has 1 aromatic carbocycles. The molecule has 0 radical (unpaired) electrons. The van der Waals surface area contributed by atoms with E-state index in [1.165, 1.54) is 17.8 Å². The number of hydrogen-bond acceptors (Lipinski definition) is 6. The zero-order chi connectivity index (χ0) is 14.8. The van der Waals surface area contributed by atoms with Gasteiger partial charge in [0.15, 0.2) is 5.16 Å². The Bertz CT molecular complexity index is 840. The molecule has 2 heterocycles. The molecule has 3 rings (SSSR count). The van der Waals surface area contributed by atoms with Crippen molar-refractivity contribution < 1.29 is 0 Å². The van der Waals surface area contributed by atoms with Crippen molar-refractivity contribution in [2.24, 2.45) is 0 Å². The van der Waals surface area contributed by atoms with E-state index in [9.17, 15) is 4.79 Å². The highest BCUT2D eigenvalue weighted by atomic mass is 32.2. The first-order valence-electron chi connectivity index (χ1n) is 6.34. The number of benzene rings is 1. The number of hydrogen-bond donors (Lipinski definition) is 4.